The second-order valence-corrected chi connectivity index (χ2v) is 7.89. The standard InChI is InChI=1S/C22H17FN4O2S/c23-16-7-3-14(4-8-16)19-20(27-12-13-30-22(27)24-19)25-21(29)15-5-9-17(10-6-15)26-11-1-2-18(26)28/h3-10,12-13H,1-2,11H2,(H,25,29). The van der Waals surface area contributed by atoms with E-state index in [1.807, 2.05) is 11.6 Å². The summed E-state index contributed by atoms with van der Waals surface area (Å²) in [6.07, 6.45) is 3.25. The van der Waals surface area contributed by atoms with Gasteiger partial charge in [0.25, 0.3) is 5.91 Å². The van der Waals surface area contributed by atoms with Crippen molar-refractivity contribution in [1.29, 1.82) is 0 Å². The molecule has 4 aromatic rings. The van der Waals surface area contributed by atoms with E-state index in [1.54, 1.807) is 45.7 Å². The summed E-state index contributed by atoms with van der Waals surface area (Å²) in [5.74, 6) is 0.0181. The predicted octanol–water partition coefficient (Wildman–Crippen LogP) is 4.58. The van der Waals surface area contributed by atoms with Crippen LogP contribution in [0.3, 0.4) is 0 Å². The number of carbonyl (C=O) groups is 2. The lowest BCUT2D eigenvalue weighted by atomic mass is 10.1. The predicted molar refractivity (Wildman–Crippen MR) is 114 cm³/mol. The highest BCUT2D eigenvalue weighted by atomic mass is 32.1. The van der Waals surface area contributed by atoms with E-state index in [4.69, 9.17) is 0 Å². The molecule has 1 saturated heterocycles. The third kappa shape index (κ3) is 3.25. The zero-order chi connectivity index (χ0) is 20.7. The van der Waals surface area contributed by atoms with Crippen LogP contribution in [0.4, 0.5) is 15.9 Å². The normalized spacial score (nSPS) is 13.9. The van der Waals surface area contributed by atoms with Gasteiger partial charge in [-0.3, -0.25) is 14.0 Å². The van der Waals surface area contributed by atoms with Crippen molar-refractivity contribution >= 4 is 39.6 Å². The molecule has 0 unspecified atom stereocenters. The molecule has 1 N–H and O–H groups in total. The van der Waals surface area contributed by atoms with Gasteiger partial charge in [-0.1, -0.05) is 0 Å². The highest BCUT2D eigenvalue weighted by Gasteiger charge is 2.22. The van der Waals surface area contributed by atoms with Gasteiger partial charge in [0.15, 0.2) is 4.96 Å². The number of nitrogens with zero attached hydrogens (tertiary/aromatic N) is 3. The van der Waals surface area contributed by atoms with Crippen molar-refractivity contribution in [3.63, 3.8) is 0 Å². The monoisotopic (exact) mass is 420 g/mol. The van der Waals surface area contributed by atoms with Gasteiger partial charge in [0.1, 0.15) is 17.3 Å². The Morgan fingerprint density at radius 3 is 2.57 bits per heavy atom. The number of amides is 2. The first kappa shape index (κ1) is 18.5. The van der Waals surface area contributed by atoms with Crippen molar-refractivity contribution in [3.8, 4) is 11.3 Å². The number of thiazole rings is 1. The molecular formula is C22H17FN4O2S. The number of benzene rings is 2. The summed E-state index contributed by atoms with van der Waals surface area (Å²) >= 11 is 1.45. The number of fused-ring (bicyclic) bond motifs is 1. The molecule has 0 aliphatic carbocycles. The molecule has 6 nitrogen and oxygen atoms in total. The number of nitrogens with one attached hydrogen (secondary N) is 1. The van der Waals surface area contributed by atoms with Crippen molar-refractivity contribution in [1.82, 2.24) is 9.38 Å². The van der Waals surface area contributed by atoms with Crippen LogP contribution in [-0.4, -0.2) is 27.7 Å². The van der Waals surface area contributed by atoms with E-state index in [0.717, 1.165) is 17.1 Å². The van der Waals surface area contributed by atoms with Crippen LogP contribution in [-0.2, 0) is 4.79 Å². The van der Waals surface area contributed by atoms with E-state index in [-0.39, 0.29) is 17.6 Å². The molecule has 0 spiro atoms. The Bertz CT molecular complexity index is 1240. The summed E-state index contributed by atoms with van der Waals surface area (Å²) < 4.78 is 15.1. The molecule has 0 atom stereocenters. The van der Waals surface area contributed by atoms with Gasteiger partial charge in [-0.15, -0.1) is 11.3 Å². The van der Waals surface area contributed by atoms with Gasteiger partial charge in [0, 0.05) is 41.4 Å². The molecule has 150 valence electrons. The molecule has 2 amide bonds. The van der Waals surface area contributed by atoms with Gasteiger partial charge in [0.2, 0.25) is 5.91 Å². The lowest BCUT2D eigenvalue weighted by Gasteiger charge is -2.15. The van der Waals surface area contributed by atoms with E-state index in [0.29, 0.717) is 35.6 Å². The quantitative estimate of drug-likeness (QED) is 0.526. The van der Waals surface area contributed by atoms with Gasteiger partial charge in [-0.25, -0.2) is 9.37 Å². The first-order chi connectivity index (χ1) is 14.6. The fourth-order valence-electron chi connectivity index (χ4n) is 3.61. The molecule has 0 bridgehead atoms. The SMILES string of the molecule is O=C(Nc1c(-c2ccc(F)cc2)nc2sccn12)c1ccc(N2CCCC2=O)cc1. The third-order valence-electron chi connectivity index (χ3n) is 5.13. The average molecular weight is 420 g/mol. The Balaban J connectivity index is 1.44. The molecule has 2 aromatic carbocycles. The van der Waals surface area contributed by atoms with Crippen LogP contribution in [0.1, 0.15) is 23.2 Å². The van der Waals surface area contributed by atoms with Crippen LogP contribution >= 0.6 is 11.3 Å². The summed E-state index contributed by atoms with van der Waals surface area (Å²) in [5, 5.41) is 4.82. The van der Waals surface area contributed by atoms with Gasteiger partial charge in [0.05, 0.1) is 0 Å². The number of rotatable bonds is 4. The van der Waals surface area contributed by atoms with E-state index in [9.17, 15) is 14.0 Å². The molecule has 1 aliphatic rings. The average Bonchev–Trinajstić information content (AvgIpc) is 3.46. The zero-order valence-electron chi connectivity index (χ0n) is 15.8. The summed E-state index contributed by atoms with van der Waals surface area (Å²) in [6, 6.07) is 13.0. The molecule has 3 heterocycles. The number of hydrogen-bond acceptors (Lipinski definition) is 4. The molecule has 1 aliphatic heterocycles. The van der Waals surface area contributed by atoms with E-state index in [2.05, 4.69) is 10.3 Å². The summed E-state index contributed by atoms with van der Waals surface area (Å²) in [4.78, 5) is 31.9. The second kappa shape index (κ2) is 7.38. The fraction of sp³-hybridized carbons (Fsp3) is 0.136. The maximum Gasteiger partial charge on any atom is 0.256 e. The molecular weight excluding hydrogens is 403 g/mol. The number of anilines is 2. The Labute approximate surface area is 175 Å². The van der Waals surface area contributed by atoms with Gasteiger partial charge < -0.3 is 10.2 Å². The number of aromatic nitrogens is 2. The van der Waals surface area contributed by atoms with Crippen molar-refractivity contribution < 1.29 is 14.0 Å². The van der Waals surface area contributed by atoms with E-state index >= 15 is 0 Å². The van der Waals surface area contributed by atoms with Crippen LogP contribution in [0.25, 0.3) is 16.2 Å². The lowest BCUT2D eigenvalue weighted by molar-refractivity contribution is -0.117. The van der Waals surface area contributed by atoms with Gasteiger partial charge in [-0.2, -0.15) is 0 Å². The minimum absolute atomic E-state index is 0.107. The first-order valence-corrected chi connectivity index (χ1v) is 10.4. The minimum atomic E-state index is -0.332. The maximum absolute atomic E-state index is 13.3. The Morgan fingerprint density at radius 1 is 1.10 bits per heavy atom. The van der Waals surface area contributed by atoms with Crippen molar-refractivity contribution in [3.05, 3.63) is 71.5 Å². The molecule has 2 aromatic heterocycles. The van der Waals surface area contributed by atoms with Crippen molar-refractivity contribution in [2.24, 2.45) is 0 Å². The fourth-order valence-corrected chi connectivity index (χ4v) is 4.32. The summed E-state index contributed by atoms with van der Waals surface area (Å²) in [6.45, 7) is 0.706. The van der Waals surface area contributed by atoms with Crippen molar-refractivity contribution in [2.45, 2.75) is 12.8 Å². The van der Waals surface area contributed by atoms with Crippen LogP contribution < -0.4 is 10.2 Å². The zero-order valence-corrected chi connectivity index (χ0v) is 16.7. The number of carbonyl (C=O) groups excluding carboxylic acids is 2. The summed E-state index contributed by atoms with van der Waals surface area (Å²) in [5.41, 5.74) is 2.56. The summed E-state index contributed by atoms with van der Waals surface area (Å²) in [7, 11) is 0. The molecule has 0 radical (unpaired) electrons. The Hall–Kier alpha value is -3.52. The number of hydrogen-bond donors (Lipinski definition) is 1. The Kier molecular flexibility index (Phi) is 4.55. The largest absolute Gasteiger partial charge is 0.312 e. The van der Waals surface area contributed by atoms with E-state index in [1.165, 1.54) is 23.5 Å². The minimum Gasteiger partial charge on any atom is -0.312 e. The topological polar surface area (TPSA) is 66.7 Å². The number of halogens is 1. The molecule has 1 fully saturated rings. The molecule has 8 heteroatoms. The van der Waals surface area contributed by atoms with Crippen LogP contribution in [0.5, 0.6) is 0 Å². The molecule has 5 rings (SSSR count). The number of imidazole rings is 1. The second-order valence-electron chi connectivity index (χ2n) is 7.02. The van der Waals surface area contributed by atoms with Gasteiger partial charge in [-0.05, 0) is 55.0 Å². The van der Waals surface area contributed by atoms with Crippen LogP contribution in [0, 0.1) is 5.82 Å². The van der Waals surface area contributed by atoms with Crippen molar-refractivity contribution in [2.75, 3.05) is 16.8 Å². The highest BCUT2D eigenvalue weighted by molar-refractivity contribution is 7.15. The van der Waals surface area contributed by atoms with Crippen LogP contribution in [0.2, 0.25) is 0 Å². The van der Waals surface area contributed by atoms with E-state index < -0.39 is 0 Å². The maximum atomic E-state index is 13.3. The first-order valence-electron chi connectivity index (χ1n) is 9.53. The highest BCUT2D eigenvalue weighted by Crippen LogP contribution is 2.31. The van der Waals surface area contributed by atoms with Crippen LogP contribution in [0.15, 0.2) is 60.1 Å². The lowest BCUT2D eigenvalue weighted by Crippen LogP contribution is -2.23. The Morgan fingerprint density at radius 2 is 1.87 bits per heavy atom. The smallest absolute Gasteiger partial charge is 0.256 e. The third-order valence-corrected chi connectivity index (χ3v) is 5.88. The van der Waals surface area contributed by atoms with Gasteiger partial charge >= 0.3 is 0 Å². The molecule has 30 heavy (non-hydrogen) atoms. The molecule has 0 saturated carbocycles.